The van der Waals surface area contributed by atoms with Crippen molar-refractivity contribution in [2.24, 2.45) is 5.92 Å². The summed E-state index contributed by atoms with van der Waals surface area (Å²) in [5.41, 5.74) is 2.91. The van der Waals surface area contributed by atoms with Gasteiger partial charge in [-0.15, -0.1) is 0 Å². The minimum atomic E-state index is -0.0981. The quantitative estimate of drug-likeness (QED) is 0.520. The third-order valence-electron chi connectivity index (χ3n) is 7.19. The van der Waals surface area contributed by atoms with Crippen LogP contribution in [0.25, 0.3) is 21.9 Å². The number of rotatable bonds is 4. The van der Waals surface area contributed by atoms with Crippen LogP contribution in [0.4, 0.5) is 0 Å². The molecule has 6 rings (SSSR count). The molecule has 3 aromatic heterocycles. The summed E-state index contributed by atoms with van der Waals surface area (Å²) in [4.78, 5) is 27.9. The molecule has 0 amide bonds. The third kappa shape index (κ3) is 3.73. The van der Waals surface area contributed by atoms with Gasteiger partial charge >= 0.3 is 0 Å². The molecule has 0 spiro atoms. The van der Waals surface area contributed by atoms with E-state index in [0.29, 0.717) is 17.0 Å². The van der Waals surface area contributed by atoms with Crippen LogP contribution in [0.5, 0.6) is 0 Å². The number of likely N-dealkylation sites (tertiary alicyclic amines) is 1. The molecule has 2 aliphatic rings. The number of aromatic nitrogens is 5. The van der Waals surface area contributed by atoms with Crippen molar-refractivity contribution >= 4 is 21.9 Å². The summed E-state index contributed by atoms with van der Waals surface area (Å²) in [5.74, 6) is 1.34. The first-order chi connectivity index (χ1) is 16.2. The van der Waals surface area contributed by atoms with E-state index in [1.807, 2.05) is 16.9 Å². The minimum Gasteiger partial charge on any atom is -0.381 e. The Morgan fingerprint density at radius 3 is 2.85 bits per heavy atom. The average Bonchev–Trinajstić information content (AvgIpc) is 3.43. The Balaban J connectivity index is 1.29. The Kier molecular flexibility index (Phi) is 5.19. The lowest BCUT2D eigenvalue weighted by Gasteiger charge is -2.23. The Bertz CT molecular complexity index is 1350. The summed E-state index contributed by atoms with van der Waals surface area (Å²) in [6.07, 6.45) is 5.33. The largest absolute Gasteiger partial charge is 0.381 e. The highest BCUT2D eigenvalue weighted by Crippen LogP contribution is 2.32. The zero-order valence-electron chi connectivity index (χ0n) is 18.8. The number of fused-ring (bicyclic) bond motifs is 2. The van der Waals surface area contributed by atoms with Gasteiger partial charge in [0.25, 0.3) is 5.56 Å². The van der Waals surface area contributed by atoms with E-state index < -0.39 is 0 Å². The number of nitrogens with one attached hydrogen (secondary N) is 1. The molecule has 0 radical (unpaired) electrons. The molecule has 2 atom stereocenters. The standard InChI is InChI=1S/C25H28N6O2/c1-16-13-30(14-17-6-9-26-22-5-3-2-4-19(17)22)15-21(16)23-28-24-20(25(32)29-23)12-27-31(24)18-7-10-33-11-8-18/h2-6,9,12,16,18,21H,7-8,10-11,13-15H2,1H3,(H,28,29,32)/t16-,21-/m1/s1. The monoisotopic (exact) mass is 444 g/mol. The number of nitrogens with zero attached hydrogens (tertiary/aromatic N) is 5. The van der Waals surface area contributed by atoms with E-state index in [4.69, 9.17) is 9.72 Å². The summed E-state index contributed by atoms with van der Waals surface area (Å²) in [7, 11) is 0. The second-order valence-electron chi connectivity index (χ2n) is 9.39. The second-order valence-corrected chi connectivity index (χ2v) is 9.39. The van der Waals surface area contributed by atoms with E-state index in [1.165, 1.54) is 10.9 Å². The summed E-state index contributed by atoms with van der Waals surface area (Å²) < 4.78 is 7.44. The van der Waals surface area contributed by atoms with Crippen LogP contribution in [0.1, 0.15) is 43.1 Å². The Labute approximate surface area is 191 Å². The summed E-state index contributed by atoms with van der Waals surface area (Å²) in [5, 5.41) is 6.29. The number of ether oxygens (including phenoxy) is 1. The fourth-order valence-electron chi connectivity index (χ4n) is 5.41. The molecular formula is C25H28N6O2. The van der Waals surface area contributed by atoms with E-state index in [1.54, 1.807) is 6.20 Å². The molecule has 0 bridgehead atoms. The Morgan fingerprint density at radius 1 is 1.12 bits per heavy atom. The maximum atomic E-state index is 12.9. The molecule has 1 N–H and O–H groups in total. The Morgan fingerprint density at radius 2 is 1.97 bits per heavy atom. The number of aromatic amines is 1. The van der Waals surface area contributed by atoms with E-state index in [9.17, 15) is 4.79 Å². The molecule has 4 aromatic rings. The molecular weight excluding hydrogens is 416 g/mol. The van der Waals surface area contributed by atoms with Crippen molar-refractivity contribution in [3.63, 3.8) is 0 Å². The molecule has 33 heavy (non-hydrogen) atoms. The summed E-state index contributed by atoms with van der Waals surface area (Å²) in [6.45, 7) is 6.37. The van der Waals surface area contributed by atoms with E-state index in [-0.39, 0.29) is 17.5 Å². The lowest BCUT2D eigenvalue weighted by atomic mass is 9.97. The van der Waals surface area contributed by atoms with Crippen LogP contribution in [-0.4, -0.2) is 55.9 Å². The van der Waals surface area contributed by atoms with Crippen LogP contribution >= 0.6 is 0 Å². The molecule has 2 fully saturated rings. The van der Waals surface area contributed by atoms with Crippen LogP contribution in [0, 0.1) is 5.92 Å². The second kappa shape index (κ2) is 8.35. The van der Waals surface area contributed by atoms with Crippen LogP contribution in [0.15, 0.2) is 47.5 Å². The molecule has 2 saturated heterocycles. The van der Waals surface area contributed by atoms with Crippen LogP contribution < -0.4 is 5.56 Å². The van der Waals surface area contributed by atoms with Crippen molar-refractivity contribution in [2.75, 3.05) is 26.3 Å². The third-order valence-corrected chi connectivity index (χ3v) is 7.19. The highest BCUT2D eigenvalue weighted by atomic mass is 16.5. The van der Waals surface area contributed by atoms with Crippen molar-refractivity contribution in [1.29, 1.82) is 0 Å². The van der Waals surface area contributed by atoms with Crippen molar-refractivity contribution in [3.05, 3.63) is 64.5 Å². The molecule has 8 nitrogen and oxygen atoms in total. The van der Waals surface area contributed by atoms with Crippen molar-refractivity contribution in [3.8, 4) is 0 Å². The molecule has 5 heterocycles. The average molecular weight is 445 g/mol. The SMILES string of the molecule is C[C@@H]1CN(Cc2ccnc3ccccc23)C[C@H]1c1nc2c(cnn2C2CCOCC2)c(=O)[nH]1. The van der Waals surface area contributed by atoms with Crippen molar-refractivity contribution in [2.45, 2.75) is 38.3 Å². The van der Waals surface area contributed by atoms with Gasteiger partial charge < -0.3 is 9.72 Å². The fraction of sp³-hybridized carbons (Fsp3) is 0.440. The number of hydrogen-bond donors (Lipinski definition) is 1. The maximum absolute atomic E-state index is 12.9. The number of benzene rings is 1. The predicted molar refractivity (Wildman–Crippen MR) is 126 cm³/mol. The van der Waals surface area contributed by atoms with E-state index >= 15 is 0 Å². The lowest BCUT2D eigenvalue weighted by molar-refractivity contribution is 0.0673. The number of para-hydroxylation sites is 1. The van der Waals surface area contributed by atoms with Gasteiger partial charge in [0.15, 0.2) is 5.65 Å². The minimum absolute atomic E-state index is 0.0981. The van der Waals surface area contributed by atoms with Gasteiger partial charge in [-0.2, -0.15) is 5.10 Å². The normalized spacial score (nSPS) is 22.5. The van der Waals surface area contributed by atoms with Gasteiger partial charge in [-0.25, -0.2) is 9.67 Å². The van der Waals surface area contributed by atoms with Gasteiger partial charge in [0.05, 0.1) is 17.8 Å². The van der Waals surface area contributed by atoms with Gasteiger partial charge in [-0.1, -0.05) is 25.1 Å². The van der Waals surface area contributed by atoms with Gasteiger partial charge in [0.1, 0.15) is 11.2 Å². The van der Waals surface area contributed by atoms with Gasteiger partial charge in [-0.3, -0.25) is 14.7 Å². The lowest BCUT2D eigenvalue weighted by Crippen LogP contribution is -2.23. The molecule has 170 valence electrons. The molecule has 2 aliphatic heterocycles. The van der Waals surface area contributed by atoms with Crippen LogP contribution in [0.3, 0.4) is 0 Å². The van der Waals surface area contributed by atoms with Gasteiger partial charge in [0.2, 0.25) is 0 Å². The van der Waals surface area contributed by atoms with Crippen molar-refractivity contribution < 1.29 is 4.74 Å². The van der Waals surface area contributed by atoms with Crippen LogP contribution in [0.2, 0.25) is 0 Å². The highest BCUT2D eigenvalue weighted by Gasteiger charge is 2.33. The first-order valence-electron chi connectivity index (χ1n) is 11.8. The zero-order valence-corrected chi connectivity index (χ0v) is 18.8. The molecule has 8 heteroatoms. The highest BCUT2D eigenvalue weighted by molar-refractivity contribution is 5.81. The van der Waals surface area contributed by atoms with E-state index in [0.717, 1.165) is 57.0 Å². The molecule has 0 saturated carbocycles. The van der Waals surface area contributed by atoms with Crippen molar-refractivity contribution in [1.82, 2.24) is 29.6 Å². The first kappa shape index (κ1) is 20.5. The van der Waals surface area contributed by atoms with Gasteiger partial charge in [0, 0.05) is 50.3 Å². The molecule has 1 aromatic carbocycles. The Hall–Kier alpha value is -3.10. The predicted octanol–water partition coefficient (Wildman–Crippen LogP) is 3.25. The topological polar surface area (TPSA) is 88.9 Å². The van der Waals surface area contributed by atoms with E-state index in [2.05, 4.69) is 51.2 Å². The maximum Gasteiger partial charge on any atom is 0.262 e. The number of pyridine rings is 1. The summed E-state index contributed by atoms with van der Waals surface area (Å²) >= 11 is 0. The van der Waals surface area contributed by atoms with Crippen LogP contribution in [-0.2, 0) is 11.3 Å². The fourth-order valence-corrected chi connectivity index (χ4v) is 5.41. The number of H-pyrrole nitrogens is 1. The zero-order chi connectivity index (χ0) is 22.4. The molecule has 0 unspecified atom stereocenters. The number of hydrogen-bond acceptors (Lipinski definition) is 6. The smallest absolute Gasteiger partial charge is 0.262 e. The molecule has 0 aliphatic carbocycles. The first-order valence-corrected chi connectivity index (χ1v) is 11.8. The summed E-state index contributed by atoms with van der Waals surface area (Å²) in [6, 6.07) is 10.6. The van der Waals surface area contributed by atoms with Gasteiger partial charge in [-0.05, 0) is 36.5 Å².